The average Bonchev–Trinajstić information content (AvgIpc) is 2.78. The summed E-state index contributed by atoms with van der Waals surface area (Å²) in [4.78, 5) is 1.44. The van der Waals surface area contributed by atoms with Gasteiger partial charge in [0.25, 0.3) is 0 Å². The van der Waals surface area contributed by atoms with Crippen molar-refractivity contribution in [2.45, 2.75) is 57.9 Å². The summed E-state index contributed by atoms with van der Waals surface area (Å²) in [5.41, 5.74) is 7.82. The maximum Gasteiger partial charge on any atom is 0.0395 e. The van der Waals surface area contributed by atoms with Crippen LogP contribution >= 0.6 is 11.3 Å². The molecule has 0 aromatic carbocycles. The molecule has 0 bridgehead atoms. The van der Waals surface area contributed by atoms with Crippen molar-refractivity contribution >= 4 is 11.3 Å². The van der Waals surface area contributed by atoms with Crippen LogP contribution < -0.4 is 5.73 Å². The SMILES string of the molecule is CCc1ccsc1C(N)CC1CCCCC1. The molecular weight excluding hydrogens is 214 g/mol. The first kappa shape index (κ1) is 12.1. The molecule has 16 heavy (non-hydrogen) atoms. The van der Waals surface area contributed by atoms with Gasteiger partial charge in [-0.25, -0.2) is 0 Å². The Labute approximate surface area is 103 Å². The van der Waals surface area contributed by atoms with Crippen molar-refractivity contribution in [1.29, 1.82) is 0 Å². The summed E-state index contributed by atoms with van der Waals surface area (Å²) in [6, 6.07) is 2.53. The third kappa shape index (κ3) is 2.86. The van der Waals surface area contributed by atoms with E-state index in [0.717, 1.165) is 12.3 Å². The second kappa shape index (κ2) is 5.83. The Morgan fingerprint density at radius 3 is 2.81 bits per heavy atom. The topological polar surface area (TPSA) is 26.0 Å². The van der Waals surface area contributed by atoms with Crippen molar-refractivity contribution in [1.82, 2.24) is 0 Å². The van der Waals surface area contributed by atoms with Gasteiger partial charge < -0.3 is 5.73 Å². The van der Waals surface area contributed by atoms with Crippen LogP contribution in [0.5, 0.6) is 0 Å². The second-order valence-electron chi connectivity index (χ2n) is 5.01. The highest BCUT2D eigenvalue weighted by molar-refractivity contribution is 7.10. The Kier molecular flexibility index (Phi) is 4.42. The summed E-state index contributed by atoms with van der Waals surface area (Å²) in [5.74, 6) is 0.885. The van der Waals surface area contributed by atoms with Gasteiger partial charge in [-0.15, -0.1) is 11.3 Å². The second-order valence-corrected chi connectivity index (χ2v) is 5.96. The number of aryl methyl sites for hydroxylation is 1. The third-order valence-corrected chi connectivity index (χ3v) is 4.90. The zero-order valence-electron chi connectivity index (χ0n) is 10.2. The number of hydrogen-bond donors (Lipinski definition) is 1. The molecule has 0 amide bonds. The van der Waals surface area contributed by atoms with E-state index in [0.29, 0.717) is 0 Å². The minimum atomic E-state index is 0.290. The largest absolute Gasteiger partial charge is 0.323 e. The summed E-state index contributed by atoms with van der Waals surface area (Å²) in [7, 11) is 0. The predicted molar refractivity (Wildman–Crippen MR) is 71.8 cm³/mol. The molecule has 1 heterocycles. The van der Waals surface area contributed by atoms with Crippen LogP contribution in [0.15, 0.2) is 11.4 Å². The Morgan fingerprint density at radius 1 is 1.38 bits per heavy atom. The molecule has 90 valence electrons. The molecule has 0 saturated heterocycles. The summed E-state index contributed by atoms with van der Waals surface area (Å²) in [5, 5.41) is 2.19. The van der Waals surface area contributed by atoms with Crippen LogP contribution in [0, 0.1) is 5.92 Å². The molecule has 0 aliphatic heterocycles. The van der Waals surface area contributed by atoms with Gasteiger partial charge in [0.1, 0.15) is 0 Å². The van der Waals surface area contributed by atoms with Crippen LogP contribution in [0.1, 0.15) is 61.9 Å². The highest BCUT2D eigenvalue weighted by Gasteiger charge is 2.19. The average molecular weight is 237 g/mol. The van der Waals surface area contributed by atoms with Crippen LogP contribution in [0.2, 0.25) is 0 Å². The van der Waals surface area contributed by atoms with Crippen molar-refractivity contribution in [3.63, 3.8) is 0 Å². The molecule has 1 aliphatic carbocycles. The zero-order chi connectivity index (χ0) is 11.4. The number of rotatable bonds is 4. The maximum atomic E-state index is 6.36. The molecular formula is C14H23NS. The Balaban J connectivity index is 1.93. The fourth-order valence-electron chi connectivity index (χ4n) is 2.85. The Hall–Kier alpha value is -0.340. The highest BCUT2D eigenvalue weighted by atomic mass is 32.1. The van der Waals surface area contributed by atoms with Gasteiger partial charge >= 0.3 is 0 Å². The molecule has 1 fully saturated rings. The summed E-state index contributed by atoms with van der Waals surface area (Å²) in [6.07, 6.45) is 9.40. The molecule has 1 saturated carbocycles. The molecule has 0 spiro atoms. The standard InChI is InChI=1S/C14H23NS/c1-2-12-8-9-16-14(12)13(15)10-11-6-4-3-5-7-11/h8-9,11,13H,2-7,10,15H2,1H3. The maximum absolute atomic E-state index is 6.36. The van der Waals surface area contributed by atoms with Crippen molar-refractivity contribution in [2.75, 3.05) is 0 Å². The van der Waals surface area contributed by atoms with Crippen LogP contribution in [0.25, 0.3) is 0 Å². The fourth-order valence-corrected chi connectivity index (χ4v) is 3.87. The number of thiophene rings is 1. The first-order valence-electron chi connectivity index (χ1n) is 6.63. The lowest BCUT2D eigenvalue weighted by molar-refractivity contribution is 0.320. The lowest BCUT2D eigenvalue weighted by Crippen LogP contribution is -2.17. The fraction of sp³-hybridized carbons (Fsp3) is 0.714. The molecule has 0 radical (unpaired) electrons. The van der Waals surface area contributed by atoms with E-state index >= 15 is 0 Å². The number of nitrogens with two attached hydrogens (primary N) is 1. The van der Waals surface area contributed by atoms with Crippen molar-refractivity contribution in [2.24, 2.45) is 11.7 Å². The van der Waals surface area contributed by atoms with E-state index in [9.17, 15) is 0 Å². The smallest absolute Gasteiger partial charge is 0.0395 e. The van der Waals surface area contributed by atoms with E-state index in [2.05, 4.69) is 18.4 Å². The molecule has 1 aromatic rings. The van der Waals surface area contributed by atoms with Crippen LogP contribution in [0.4, 0.5) is 0 Å². The van der Waals surface area contributed by atoms with Gasteiger partial charge in [0.15, 0.2) is 0 Å². The van der Waals surface area contributed by atoms with Gasteiger partial charge in [-0.3, -0.25) is 0 Å². The minimum absolute atomic E-state index is 0.290. The van der Waals surface area contributed by atoms with E-state index in [1.165, 1.54) is 49.0 Å². The Morgan fingerprint density at radius 2 is 2.12 bits per heavy atom. The third-order valence-electron chi connectivity index (χ3n) is 3.81. The summed E-state index contributed by atoms with van der Waals surface area (Å²) in [6.45, 7) is 2.22. The van der Waals surface area contributed by atoms with Crippen molar-refractivity contribution < 1.29 is 0 Å². The molecule has 2 N–H and O–H groups in total. The van der Waals surface area contributed by atoms with Gasteiger partial charge in [0, 0.05) is 10.9 Å². The first-order valence-corrected chi connectivity index (χ1v) is 7.51. The normalized spacial score (nSPS) is 19.9. The molecule has 2 heteroatoms. The van der Waals surface area contributed by atoms with E-state index in [-0.39, 0.29) is 6.04 Å². The molecule has 1 atom stereocenters. The lowest BCUT2D eigenvalue weighted by atomic mass is 9.84. The van der Waals surface area contributed by atoms with E-state index in [1.54, 1.807) is 0 Å². The number of hydrogen-bond acceptors (Lipinski definition) is 2. The van der Waals surface area contributed by atoms with Crippen molar-refractivity contribution in [3.05, 3.63) is 21.9 Å². The molecule has 1 aromatic heterocycles. The minimum Gasteiger partial charge on any atom is -0.323 e. The van der Waals surface area contributed by atoms with Gasteiger partial charge in [-0.1, -0.05) is 39.0 Å². The van der Waals surface area contributed by atoms with Gasteiger partial charge in [-0.2, -0.15) is 0 Å². The van der Waals surface area contributed by atoms with Gasteiger partial charge in [0.2, 0.25) is 0 Å². The van der Waals surface area contributed by atoms with E-state index in [1.807, 2.05) is 11.3 Å². The van der Waals surface area contributed by atoms with Gasteiger partial charge in [-0.05, 0) is 35.8 Å². The van der Waals surface area contributed by atoms with Crippen LogP contribution in [-0.4, -0.2) is 0 Å². The highest BCUT2D eigenvalue weighted by Crippen LogP contribution is 2.33. The molecule has 2 rings (SSSR count). The molecule has 1 nitrogen and oxygen atoms in total. The van der Waals surface area contributed by atoms with E-state index < -0.39 is 0 Å². The van der Waals surface area contributed by atoms with Crippen molar-refractivity contribution in [3.8, 4) is 0 Å². The first-order chi connectivity index (χ1) is 7.81. The summed E-state index contributed by atoms with van der Waals surface area (Å²) >= 11 is 1.85. The predicted octanol–water partition coefficient (Wildman–Crippen LogP) is 4.28. The van der Waals surface area contributed by atoms with Crippen LogP contribution in [-0.2, 0) is 6.42 Å². The van der Waals surface area contributed by atoms with Gasteiger partial charge in [0.05, 0.1) is 0 Å². The quantitative estimate of drug-likeness (QED) is 0.831. The Bertz CT molecular complexity index is 312. The summed E-state index contributed by atoms with van der Waals surface area (Å²) < 4.78 is 0. The van der Waals surface area contributed by atoms with Crippen LogP contribution in [0.3, 0.4) is 0 Å². The van der Waals surface area contributed by atoms with E-state index in [4.69, 9.17) is 5.73 Å². The lowest BCUT2D eigenvalue weighted by Gasteiger charge is -2.24. The molecule has 1 unspecified atom stereocenters. The monoisotopic (exact) mass is 237 g/mol. The molecule has 1 aliphatic rings. The zero-order valence-corrected chi connectivity index (χ0v) is 11.1.